The molecule has 0 saturated carbocycles. The molecule has 1 atom stereocenters. The first-order valence-corrected chi connectivity index (χ1v) is 6.09. The largest absolute Gasteiger partial charge is 0.488 e. The molecule has 0 aliphatic carbocycles. The van der Waals surface area contributed by atoms with Crippen molar-refractivity contribution in [3.05, 3.63) is 40.4 Å². The van der Waals surface area contributed by atoms with Crippen molar-refractivity contribution in [1.82, 2.24) is 0 Å². The van der Waals surface area contributed by atoms with Crippen molar-refractivity contribution in [2.75, 3.05) is 6.61 Å². The van der Waals surface area contributed by atoms with Crippen LogP contribution in [0.5, 0.6) is 5.75 Å². The van der Waals surface area contributed by atoms with E-state index in [-0.39, 0.29) is 6.04 Å². The monoisotopic (exact) mass is 283 g/mol. The second kappa shape index (κ2) is 6.06. The third-order valence-corrected chi connectivity index (χ3v) is 2.65. The van der Waals surface area contributed by atoms with Crippen LogP contribution in [0.3, 0.4) is 0 Å². The molecule has 16 heavy (non-hydrogen) atoms. The lowest BCUT2D eigenvalue weighted by Crippen LogP contribution is -2.17. The Morgan fingerprint density at radius 2 is 2.25 bits per heavy atom. The molecular weight excluding hydrogens is 266 g/mol. The smallest absolute Gasteiger partial charge is 0.133 e. The Morgan fingerprint density at radius 3 is 2.75 bits per heavy atom. The molecule has 0 aliphatic heterocycles. The number of hydrogen-bond donors (Lipinski definition) is 1. The number of benzene rings is 1. The molecule has 0 bridgehead atoms. The Morgan fingerprint density at radius 1 is 1.56 bits per heavy atom. The van der Waals surface area contributed by atoms with Crippen molar-refractivity contribution in [2.45, 2.75) is 26.3 Å². The first-order chi connectivity index (χ1) is 7.49. The fraction of sp³-hybridized carbons (Fsp3) is 0.385. The first-order valence-electron chi connectivity index (χ1n) is 5.30. The van der Waals surface area contributed by atoms with Gasteiger partial charge in [0.1, 0.15) is 12.4 Å². The van der Waals surface area contributed by atoms with Crippen LogP contribution in [0, 0.1) is 0 Å². The van der Waals surface area contributed by atoms with Crippen molar-refractivity contribution >= 4 is 15.9 Å². The fourth-order valence-electron chi connectivity index (χ4n) is 1.36. The van der Waals surface area contributed by atoms with Gasteiger partial charge in [0, 0.05) is 6.04 Å². The zero-order chi connectivity index (χ0) is 12.1. The summed E-state index contributed by atoms with van der Waals surface area (Å²) in [5.41, 5.74) is 7.97. The van der Waals surface area contributed by atoms with Crippen molar-refractivity contribution in [3.63, 3.8) is 0 Å². The van der Waals surface area contributed by atoms with Crippen LogP contribution < -0.4 is 10.5 Å². The maximum Gasteiger partial charge on any atom is 0.133 e. The predicted octanol–water partition coefficient (Wildman–Crippen LogP) is 3.29. The van der Waals surface area contributed by atoms with Crippen LogP contribution in [0.25, 0.3) is 0 Å². The topological polar surface area (TPSA) is 35.2 Å². The molecule has 3 heteroatoms. The number of halogens is 1. The van der Waals surface area contributed by atoms with Crippen LogP contribution in [0.1, 0.15) is 19.4 Å². The van der Waals surface area contributed by atoms with E-state index in [0.717, 1.165) is 22.2 Å². The third kappa shape index (κ3) is 4.37. The van der Waals surface area contributed by atoms with Crippen LogP contribution in [0.15, 0.2) is 34.8 Å². The average molecular weight is 284 g/mol. The van der Waals surface area contributed by atoms with Gasteiger partial charge < -0.3 is 10.5 Å². The summed E-state index contributed by atoms with van der Waals surface area (Å²) in [6.07, 6.45) is 0.874. The molecule has 1 unspecified atom stereocenters. The zero-order valence-electron chi connectivity index (χ0n) is 9.79. The minimum Gasteiger partial charge on any atom is -0.488 e. The summed E-state index contributed by atoms with van der Waals surface area (Å²) < 4.78 is 6.55. The summed E-state index contributed by atoms with van der Waals surface area (Å²) in [6, 6.07) is 6.23. The van der Waals surface area contributed by atoms with Gasteiger partial charge in [-0.3, -0.25) is 0 Å². The highest BCUT2D eigenvalue weighted by atomic mass is 79.9. The Kier molecular flexibility index (Phi) is 5.03. The molecule has 0 fully saturated rings. The van der Waals surface area contributed by atoms with Gasteiger partial charge in [-0.15, -0.1) is 0 Å². The van der Waals surface area contributed by atoms with Gasteiger partial charge in [0.2, 0.25) is 0 Å². The molecule has 2 N–H and O–H groups in total. The van der Waals surface area contributed by atoms with Crippen molar-refractivity contribution in [2.24, 2.45) is 5.73 Å². The Bertz CT molecular complexity index is 374. The molecule has 1 aromatic rings. The van der Waals surface area contributed by atoms with Gasteiger partial charge in [-0.2, -0.15) is 0 Å². The molecule has 0 heterocycles. The van der Waals surface area contributed by atoms with Gasteiger partial charge in [-0.1, -0.05) is 12.6 Å². The Hall–Kier alpha value is -0.800. The summed E-state index contributed by atoms with van der Waals surface area (Å²) in [6.45, 7) is 8.29. The summed E-state index contributed by atoms with van der Waals surface area (Å²) in [4.78, 5) is 0. The molecular formula is C13H18BrNO. The normalized spacial score (nSPS) is 12.2. The molecule has 88 valence electrons. The minimum absolute atomic E-state index is 0.175. The second-order valence-electron chi connectivity index (χ2n) is 4.19. The molecule has 0 saturated heterocycles. The molecule has 0 amide bonds. The van der Waals surface area contributed by atoms with Gasteiger partial charge in [0.15, 0.2) is 0 Å². The van der Waals surface area contributed by atoms with E-state index >= 15 is 0 Å². The number of nitrogens with two attached hydrogens (primary N) is 1. The molecule has 2 nitrogen and oxygen atoms in total. The van der Waals surface area contributed by atoms with Gasteiger partial charge >= 0.3 is 0 Å². The van der Waals surface area contributed by atoms with Gasteiger partial charge in [-0.05, 0) is 59.5 Å². The fourth-order valence-corrected chi connectivity index (χ4v) is 1.90. The lowest BCUT2D eigenvalue weighted by molar-refractivity contribution is 0.350. The highest BCUT2D eigenvalue weighted by molar-refractivity contribution is 9.10. The molecule has 0 aliphatic rings. The molecule has 0 aromatic heterocycles. The van der Waals surface area contributed by atoms with E-state index in [4.69, 9.17) is 10.5 Å². The summed E-state index contributed by atoms with van der Waals surface area (Å²) >= 11 is 3.49. The lowest BCUT2D eigenvalue weighted by Gasteiger charge is -2.10. The Balaban J connectivity index is 2.71. The standard InChI is InChI=1S/C13H18BrNO/c1-9(2)8-16-13-5-4-11(6-10(3)15)7-12(13)14/h4-5,7,10H,1,6,8,15H2,2-3H3. The highest BCUT2D eigenvalue weighted by Gasteiger charge is 2.04. The lowest BCUT2D eigenvalue weighted by atomic mass is 10.1. The highest BCUT2D eigenvalue weighted by Crippen LogP contribution is 2.26. The van der Waals surface area contributed by atoms with Gasteiger partial charge in [0.05, 0.1) is 4.47 Å². The van der Waals surface area contributed by atoms with E-state index in [1.165, 1.54) is 5.56 Å². The zero-order valence-corrected chi connectivity index (χ0v) is 11.4. The summed E-state index contributed by atoms with van der Waals surface area (Å²) in [5, 5.41) is 0. The van der Waals surface area contributed by atoms with Crippen LogP contribution in [-0.2, 0) is 6.42 Å². The molecule has 0 spiro atoms. The number of ether oxygens (including phenoxy) is 1. The van der Waals surface area contributed by atoms with Crippen molar-refractivity contribution in [3.8, 4) is 5.75 Å². The first kappa shape index (κ1) is 13.3. The van der Waals surface area contributed by atoms with Crippen LogP contribution >= 0.6 is 15.9 Å². The van der Waals surface area contributed by atoms with Crippen LogP contribution in [0.4, 0.5) is 0 Å². The van der Waals surface area contributed by atoms with E-state index in [9.17, 15) is 0 Å². The maximum atomic E-state index is 5.75. The predicted molar refractivity (Wildman–Crippen MR) is 71.8 cm³/mol. The molecule has 0 radical (unpaired) electrons. The number of hydrogen-bond acceptors (Lipinski definition) is 2. The Labute approximate surface area is 106 Å². The van der Waals surface area contributed by atoms with Crippen molar-refractivity contribution in [1.29, 1.82) is 0 Å². The van der Waals surface area contributed by atoms with E-state index in [1.807, 2.05) is 26.0 Å². The SMILES string of the molecule is C=C(C)COc1ccc(CC(C)N)cc1Br. The van der Waals surface area contributed by atoms with Crippen molar-refractivity contribution < 1.29 is 4.74 Å². The third-order valence-electron chi connectivity index (χ3n) is 2.03. The van der Waals surface area contributed by atoms with Gasteiger partial charge in [0.25, 0.3) is 0 Å². The molecule has 1 rings (SSSR count). The van der Waals surface area contributed by atoms with E-state index in [0.29, 0.717) is 6.61 Å². The van der Waals surface area contributed by atoms with E-state index in [2.05, 4.69) is 28.6 Å². The van der Waals surface area contributed by atoms with Gasteiger partial charge in [-0.25, -0.2) is 0 Å². The average Bonchev–Trinajstić information content (AvgIpc) is 2.15. The minimum atomic E-state index is 0.175. The van der Waals surface area contributed by atoms with Crippen LogP contribution in [-0.4, -0.2) is 12.6 Å². The second-order valence-corrected chi connectivity index (χ2v) is 5.05. The quantitative estimate of drug-likeness (QED) is 0.842. The van der Waals surface area contributed by atoms with Crippen LogP contribution in [0.2, 0.25) is 0 Å². The summed E-state index contributed by atoms with van der Waals surface area (Å²) in [5.74, 6) is 0.844. The maximum absolute atomic E-state index is 5.75. The number of rotatable bonds is 5. The molecule has 1 aromatic carbocycles. The summed E-state index contributed by atoms with van der Waals surface area (Å²) in [7, 11) is 0. The van der Waals surface area contributed by atoms with E-state index in [1.54, 1.807) is 0 Å². The van der Waals surface area contributed by atoms with E-state index < -0.39 is 0 Å².